The SMILES string of the molecule is CC[C@@H](Oc1ccccc1C)C(=O)Nc1cccc([N+](=O)[O-])c1C. The molecule has 0 fully saturated rings. The lowest BCUT2D eigenvalue weighted by atomic mass is 10.1. The first-order valence-electron chi connectivity index (χ1n) is 7.71. The third kappa shape index (κ3) is 3.90. The van der Waals surface area contributed by atoms with Crippen LogP contribution in [0, 0.1) is 24.0 Å². The van der Waals surface area contributed by atoms with Crippen LogP contribution in [0.15, 0.2) is 42.5 Å². The van der Waals surface area contributed by atoms with Gasteiger partial charge in [0.25, 0.3) is 11.6 Å². The van der Waals surface area contributed by atoms with Crippen molar-refractivity contribution in [3.8, 4) is 5.75 Å². The van der Waals surface area contributed by atoms with Gasteiger partial charge in [0.1, 0.15) is 5.75 Å². The van der Waals surface area contributed by atoms with E-state index < -0.39 is 11.0 Å². The molecular weight excluding hydrogens is 308 g/mol. The molecule has 0 spiro atoms. The van der Waals surface area contributed by atoms with Crippen molar-refractivity contribution in [2.45, 2.75) is 33.3 Å². The van der Waals surface area contributed by atoms with Crippen molar-refractivity contribution in [3.05, 3.63) is 63.7 Å². The zero-order valence-corrected chi connectivity index (χ0v) is 13.9. The van der Waals surface area contributed by atoms with E-state index in [2.05, 4.69) is 5.32 Å². The molecule has 6 heteroatoms. The van der Waals surface area contributed by atoms with E-state index in [0.717, 1.165) is 5.56 Å². The van der Waals surface area contributed by atoms with Crippen molar-refractivity contribution in [1.29, 1.82) is 0 Å². The predicted octanol–water partition coefficient (Wildman–Crippen LogP) is 4.01. The minimum Gasteiger partial charge on any atom is -0.480 e. The number of amides is 1. The number of rotatable bonds is 6. The third-order valence-electron chi connectivity index (χ3n) is 3.79. The number of carbonyl (C=O) groups excluding carboxylic acids is 1. The Morgan fingerprint density at radius 2 is 1.92 bits per heavy atom. The molecule has 2 aromatic rings. The number of hydrogen-bond acceptors (Lipinski definition) is 4. The van der Waals surface area contributed by atoms with Gasteiger partial charge in [-0.3, -0.25) is 14.9 Å². The summed E-state index contributed by atoms with van der Waals surface area (Å²) < 4.78 is 5.80. The van der Waals surface area contributed by atoms with E-state index in [1.165, 1.54) is 6.07 Å². The standard InChI is InChI=1S/C18H20N2O4/c1-4-16(24-17-11-6-5-8-12(17)2)18(21)19-14-9-7-10-15(13(14)3)20(22)23/h5-11,16H,4H2,1-3H3,(H,19,21)/t16-/m1/s1. The number of anilines is 1. The molecule has 1 atom stereocenters. The van der Waals surface area contributed by atoms with E-state index in [1.807, 2.05) is 38.1 Å². The fourth-order valence-corrected chi connectivity index (χ4v) is 2.33. The van der Waals surface area contributed by atoms with Gasteiger partial charge in [-0.1, -0.05) is 31.2 Å². The van der Waals surface area contributed by atoms with Crippen molar-refractivity contribution in [1.82, 2.24) is 0 Å². The first kappa shape index (κ1) is 17.5. The molecule has 2 rings (SSSR count). The van der Waals surface area contributed by atoms with E-state index in [1.54, 1.807) is 19.1 Å². The number of nitro groups is 1. The average Bonchev–Trinajstić information content (AvgIpc) is 2.55. The molecule has 2 aromatic carbocycles. The van der Waals surface area contributed by atoms with Crippen molar-refractivity contribution in [2.75, 3.05) is 5.32 Å². The lowest BCUT2D eigenvalue weighted by Crippen LogP contribution is -2.32. The number of carbonyl (C=O) groups is 1. The molecule has 0 bridgehead atoms. The van der Waals surface area contributed by atoms with Gasteiger partial charge in [-0.2, -0.15) is 0 Å². The van der Waals surface area contributed by atoms with E-state index in [0.29, 0.717) is 23.4 Å². The average molecular weight is 328 g/mol. The Labute approximate surface area is 140 Å². The fourth-order valence-electron chi connectivity index (χ4n) is 2.33. The van der Waals surface area contributed by atoms with E-state index in [-0.39, 0.29) is 11.6 Å². The summed E-state index contributed by atoms with van der Waals surface area (Å²) in [6.45, 7) is 5.37. The fraction of sp³-hybridized carbons (Fsp3) is 0.278. The second-order valence-electron chi connectivity index (χ2n) is 5.48. The maximum absolute atomic E-state index is 12.5. The van der Waals surface area contributed by atoms with E-state index >= 15 is 0 Å². The molecule has 6 nitrogen and oxygen atoms in total. The van der Waals surface area contributed by atoms with Gasteiger partial charge in [0.05, 0.1) is 16.2 Å². The largest absolute Gasteiger partial charge is 0.480 e. The molecule has 0 aliphatic carbocycles. The molecular formula is C18H20N2O4. The smallest absolute Gasteiger partial charge is 0.274 e. The Balaban J connectivity index is 2.17. The zero-order chi connectivity index (χ0) is 17.7. The zero-order valence-electron chi connectivity index (χ0n) is 13.9. The van der Waals surface area contributed by atoms with Crippen LogP contribution in [0.5, 0.6) is 5.75 Å². The molecule has 0 aliphatic heterocycles. The first-order chi connectivity index (χ1) is 11.4. The molecule has 1 amide bonds. The summed E-state index contributed by atoms with van der Waals surface area (Å²) >= 11 is 0. The third-order valence-corrected chi connectivity index (χ3v) is 3.79. The summed E-state index contributed by atoms with van der Waals surface area (Å²) in [5.74, 6) is 0.319. The molecule has 0 aliphatic rings. The summed E-state index contributed by atoms with van der Waals surface area (Å²) in [5, 5.41) is 13.7. The summed E-state index contributed by atoms with van der Waals surface area (Å²) in [6.07, 6.45) is -0.196. The van der Waals surface area contributed by atoms with Gasteiger partial charge in [-0.05, 0) is 38.0 Å². The topological polar surface area (TPSA) is 81.5 Å². The second kappa shape index (κ2) is 7.59. The van der Waals surface area contributed by atoms with Crippen LogP contribution < -0.4 is 10.1 Å². The Morgan fingerprint density at radius 3 is 2.54 bits per heavy atom. The summed E-state index contributed by atoms with van der Waals surface area (Å²) in [4.78, 5) is 23.0. The van der Waals surface area contributed by atoms with Crippen LogP contribution in [0.1, 0.15) is 24.5 Å². The molecule has 0 unspecified atom stereocenters. The molecule has 0 saturated carbocycles. The van der Waals surface area contributed by atoms with Gasteiger partial charge in [0, 0.05) is 6.07 Å². The highest BCUT2D eigenvalue weighted by molar-refractivity contribution is 5.95. The highest BCUT2D eigenvalue weighted by Gasteiger charge is 2.21. The van der Waals surface area contributed by atoms with E-state index in [9.17, 15) is 14.9 Å². The number of nitro benzene ring substituents is 1. The molecule has 1 N–H and O–H groups in total. The van der Waals surface area contributed by atoms with Gasteiger partial charge < -0.3 is 10.1 Å². The van der Waals surface area contributed by atoms with Gasteiger partial charge in [-0.25, -0.2) is 0 Å². The Hall–Kier alpha value is -2.89. The highest BCUT2D eigenvalue weighted by atomic mass is 16.6. The minimum absolute atomic E-state index is 0.0272. The highest BCUT2D eigenvalue weighted by Crippen LogP contribution is 2.26. The molecule has 126 valence electrons. The van der Waals surface area contributed by atoms with Crippen molar-refractivity contribution < 1.29 is 14.5 Å². The number of para-hydroxylation sites is 1. The number of aryl methyl sites for hydroxylation is 1. The molecule has 0 radical (unpaired) electrons. The van der Waals surface area contributed by atoms with Crippen LogP contribution in [0.2, 0.25) is 0 Å². The van der Waals surface area contributed by atoms with Crippen molar-refractivity contribution in [2.24, 2.45) is 0 Å². The normalized spacial score (nSPS) is 11.6. The minimum atomic E-state index is -0.676. The second-order valence-corrected chi connectivity index (χ2v) is 5.48. The maximum atomic E-state index is 12.5. The molecule has 24 heavy (non-hydrogen) atoms. The van der Waals surface area contributed by atoms with Crippen LogP contribution >= 0.6 is 0 Å². The number of hydrogen-bond donors (Lipinski definition) is 1. The van der Waals surface area contributed by atoms with Crippen LogP contribution in [0.3, 0.4) is 0 Å². The van der Waals surface area contributed by atoms with Crippen molar-refractivity contribution in [3.63, 3.8) is 0 Å². The Morgan fingerprint density at radius 1 is 1.21 bits per heavy atom. The van der Waals surface area contributed by atoms with Gasteiger partial charge >= 0.3 is 0 Å². The van der Waals surface area contributed by atoms with Crippen LogP contribution in [-0.4, -0.2) is 16.9 Å². The van der Waals surface area contributed by atoms with Crippen LogP contribution in [0.25, 0.3) is 0 Å². The Kier molecular flexibility index (Phi) is 5.52. The lowest BCUT2D eigenvalue weighted by Gasteiger charge is -2.19. The molecule has 0 saturated heterocycles. The van der Waals surface area contributed by atoms with Crippen LogP contribution in [-0.2, 0) is 4.79 Å². The maximum Gasteiger partial charge on any atom is 0.274 e. The number of benzene rings is 2. The van der Waals surface area contributed by atoms with Gasteiger partial charge in [-0.15, -0.1) is 0 Å². The van der Waals surface area contributed by atoms with E-state index in [4.69, 9.17) is 4.74 Å². The molecule has 0 aromatic heterocycles. The summed E-state index contributed by atoms with van der Waals surface area (Å²) in [7, 11) is 0. The summed E-state index contributed by atoms with van der Waals surface area (Å²) in [6, 6.07) is 12.1. The Bertz CT molecular complexity index is 758. The van der Waals surface area contributed by atoms with Gasteiger partial charge in [0.15, 0.2) is 6.10 Å². The predicted molar refractivity (Wildman–Crippen MR) is 92.3 cm³/mol. The number of nitrogens with zero attached hydrogens (tertiary/aromatic N) is 1. The lowest BCUT2D eigenvalue weighted by molar-refractivity contribution is -0.385. The monoisotopic (exact) mass is 328 g/mol. The van der Waals surface area contributed by atoms with Gasteiger partial charge in [0.2, 0.25) is 0 Å². The van der Waals surface area contributed by atoms with Crippen molar-refractivity contribution >= 4 is 17.3 Å². The number of nitrogens with one attached hydrogen (secondary N) is 1. The quantitative estimate of drug-likeness (QED) is 0.641. The van der Waals surface area contributed by atoms with Crippen LogP contribution in [0.4, 0.5) is 11.4 Å². The summed E-state index contributed by atoms with van der Waals surface area (Å²) in [5.41, 5.74) is 1.75. The molecule has 0 heterocycles. The number of ether oxygens (including phenoxy) is 1. The first-order valence-corrected chi connectivity index (χ1v) is 7.71.